The topological polar surface area (TPSA) is 54.4 Å². The van der Waals surface area contributed by atoms with Crippen molar-refractivity contribution in [1.82, 2.24) is 0 Å². The van der Waals surface area contributed by atoms with Gasteiger partial charge in [-0.25, -0.2) is 0 Å². The van der Waals surface area contributed by atoms with Gasteiger partial charge in [0.2, 0.25) is 0 Å². The van der Waals surface area contributed by atoms with Gasteiger partial charge in [0.25, 0.3) is 0 Å². The maximum Gasteiger partial charge on any atom is 0.314 e. The molecule has 0 saturated heterocycles. The van der Waals surface area contributed by atoms with Crippen LogP contribution in [0, 0.1) is 0 Å². The van der Waals surface area contributed by atoms with Crippen LogP contribution < -0.4 is 0 Å². The van der Waals surface area contributed by atoms with Gasteiger partial charge in [0.05, 0.1) is 5.41 Å². The monoisotopic (exact) mass is 302 g/mol. The first-order chi connectivity index (χ1) is 10.5. The Kier molecular flexibility index (Phi) is 5.38. The van der Waals surface area contributed by atoms with E-state index < -0.39 is 11.4 Å². The molecule has 0 spiro atoms. The lowest BCUT2D eigenvalue weighted by atomic mass is 9.67. The van der Waals surface area contributed by atoms with Crippen molar-refractivity contribution >= 4 is 11.8 Å². The molecule has 120 valence electrons. The van der Waals surface area contributed by atoms with Gasteiger partial charge in [-0.05, 0) is 42.4 Å². The van der Waals surface area contributed by atoms with E-state index in [9.17, 15) is 14.7 Å². The molecule has 1 fully saturated rings. The Morgan fingerprint density at radius 2 is 1.77 bits per heavy atom. The van der Waals surface area contributed by atoms with E-state index in [1.54, 1.807) is 0 Å². The molecular formula is C19H26O3. The van der Waals surface area contributed by atoms with Gasteiger partial charge in [-0.2, -0.15) is 0 Å². The van der Waals surface area contributed by atoms with Crippen LogP contribution in [0.5, 0.6) is 0 Å². The van der Waals surface area contributed by atoms with Crippen molar-refractivity contribution in [3.05, 3.63) is 34.9 Å². The lowest BCUT2D eigenvalue weighted by molar-refractivity contribution is -0.146. The molecule has 1 aliphatic rings. The number of ketones is 1. The van der Waals surface area contributed by atoms with Gasteiger partial charge in [-0.1, -0.05) is 44.9 Å². The largest absolute Gasteiger partial charge is 0.481 e. The Labute approximate surface area is 132 Å². The van der Waals surface area contributed by atoms with Crippen LogP contribution >= 0.6 is 0 Å². The van der Waals surface area contributed by atoms with Crippen LogP contribution in [0.25, 0.3) is 0 Å². The summed E-state index contributed by atoms with van der Waals surface area (Å²) >= 11 is 0. The van der Waals surface area contributed by atoms with Crippen molar-refractivity contribution in [1.29, 1.82) is 0 Å². The van der Waals surface area contributed by atoms with Crippen molar-refractivity contribution in [2.24, 2.45) is 0 Å². The second kappa shape index (κ2) is 7.08. The van der Waals surface area contributed by atoms with Gasteiger partial charge in [0.1, 0.15) is 5.78 Å². The van der Waals surface area contributed by atoms with E-state index in [1.807, 2.05) is 0 Å². The minimum absolute atomic E-state index is 0.193. The molecule has 0 heterocycles. The standard InChI is InChI=1S/C19H26O3/c1-3-5-14-7-8-15(6-4-2)17(13-14)19(18(21)22)11-9-16(20)10-12-19/h7-8,13H,3-6,9-12H2,1-2H3,(H,21,22). The third-order valence-corrected chi connectivity index (χ3v) is 4.82. The molecule has 3 heteroatoms. The molecule has 1 N–H and O–H groups in total. The number of carbonyl (C=O) groups excluding carboxylic acids is 1. The highest BCUT2D eigenvalue weighted by atomic mass is 16.4. The van der Waals surface area contributed by atoms with E-state index in [1.165, 1.54) is 5.56 Å². The summed E-state index contributed by atoms with van der Waals surface area (Å²) in [5.74, 6) is -0.579. The van der Waals surface area contributed by atoms with Gasteiger partial charge < -0.3 is 5.11 Å². The van der Waals surface area contributed by atoms with E-state index >= 15 is 0 Å². The smallest absolute Gasteiger partial charge is 0.314 e. The Hall–Kier alpha value is -1.64. The van der Waals surface area contributed by atoms with Crippen molar-refractivity contribution in [2.45, 2.75) is 70.6 Å². The maximum atomic E-state index is 12.1. The predicted molar refractivity (Wildman–Crippen MR) is 87.2 cm³/mol. The SMILES string of the molecule is CCCc1ccc(CCC)c(C2(C(=O)O)CCC(=O)CC2)c1. The first-order valence-electron chi connectivity index (χ1n) is 8.41. The molecule has 0 amide bonds. The molecule has 0 radical (unpaired) electrons. The molecule has 1 aliphatic carbocycles. The number of carbonyl (C=O) groups is 2. The van der Waals surface area contributed by atoms with Gasteiger partial charge in [-0.15, -0.1) is 0 Å². The van der Waals surface area contributed by atoms with Gasteiger partial charge in [0.15, 0.2) is 0 Å². The average Bonchev–Trinajstić information content (AvgIpc) is 2.50. The quantitative estimate of drug-likeness (QED) is 0.862. The zero-order valence-electron chi connectivity index (χ0n) is 13.7. The number of rotatable bonds is 6. The first kappa shape index (κ1) is 16.7. The lowest BCUT2D eigenvalue weighted by Gasteiger charge is -2.35. The molecule has 0 aromatic heterocycles. The summed E-state index contributed by atoms with van der Waals surface area (Å²) in [4.78, 5) is 23.7. The van der Waals surface area contributed by atoms with Gasteiger partial charge in [-0.3, -0.25) is 9.59 Å². The molecule has 0 atom stereocenters. The minimum Gasteiger partial charge on any atom is -0.481 e. The summed E-state index contributed by atoms with van der Waals surface area (Å²) < 4.78 is 0. The summed E-state index contributed by atoms with van der Waals surface area (Å²) in [6.45, 7) is 4.24. The minimum atomic E-state index is -0.873. The lowest BCUT2D eigenvalue weighted by Crippen LogP contribution is -2.40. The number of Topliss-reactive ketones (excluding diaryl/α,β-unsaturated/α-hetero) is 1. The zero-order valence-corrected chi connectivity index (χ0v) is 13.7. The Balaban J connectivity index is 2.50. The Morgan fingerprint density at radius 1 is 1.14 bits per heavy atom. The summed E-state index contributed by atoms with van der Waals surface area (Å²) in [6.07, 6.45) is 5.55. The number of carboxylic acid groups (broad SMARTS) is 1. The van der Waals surface area contributed by atoms with Crippen molar-refractivity contribution in [3.8, 4) is 0 Å². The van der Waals surface area contributed by atoms with E-state index in [4.69, 9.17) is 0 Å². The molecule has 3 nitrogen and oxygen atoms in total. The van der Waals surface area contributed by atoms with Crippen LogP contribution in [0.2, 0.25) is 0 Å². The predicted octanol–water partition coefficient (Wildman–Crippen LogP) is 4.06. The molecule has 1 saturated carbocycles. The molecule has 1 aromatic carbocycles. The fourth-order valence-electron chi connectivity index (χ4n) is 3.55. The number of aliphatic carboxylic acids is 1. The fourth-order valence-corrected chi connectivity index (χ4v) is 3.55. The summed E-state index contributed by atoms with van der Waals surface area (Å²) in [7, 11) is 0. The third-order valence-electron chi connectivity index (χ3n) is 4.82. The number of hydrogen-bond acceptors (Lipinski definition) is 2. The third kappa shape index (κ3) is 3.23. The van der Waals surface area contributed by atoms with Crippen LogP contribution in [-0.4, -0.2) is 16.9 Å². The zero-order chi connectivity index (χ0) is 16.2. The highest BCUT2D eigenvalue weighted by Gasteiger charge is 2.44. The van der Waals surface area contributed by atoms with Gasteiger partial charge in [0, 0.05) is 12.8 Å². The Morgan fingerprint density at radius 3 is 2.32 bits per heavy atom. The maximum absolute atomic E-state index is 12.1. The molecule has 0 bridgehead atoms. The Bertz CT molecular complexity index is 550. The van der Waals surface area contributed by atoms with E-state index in [-0.39, 0.29) is 5.78 Å². The first-order valence-corrected chi connectivity index (χ1v) is 8.41. The molecule has 1 aromatic rings. The normalized spacial score (nSPS) is 17.5. The molecule has 0 unspecified atom stereocenters. The van der Waals surface area contributed by atoms with Crippen LogP contribution in [0.15, 0.2) is 18.2 Å². The number of aryl methyl sites for hydroxylation is 2. The molecule has 22 heavy (non-hydrogen) atoms. The van der Waals surface area contributed by atoms with Gasteiger partial charge >= 0.3 is 5.97 Å². The highest BCUT2D eigenvalue weighted by molar-refractivity contribution is 5.87. The average molecular weight is 302 g/mol. The molecular weight excluding hydrogens is 276 g/mol. The molecule has 0 aliphatic heterocycles. The fraction of sp³-hybridized carbons (Fsp3) is 0.579. The van der Waals surface area contributed by atoms with Crippen LogP contribution in [0.1, 0.15) is 69.1 Å². The number of carboxylic acids is 1. The summed E-state index contributed by atoms with van der Waals surface area (Å²) in [5.41, 5.74) is 2.43. The van der Waals surface area contributed by atoms with Crippen LogP contribution in [-0.2, 0) is 27.8 Å². The van der Waals surface area contributed by atoms with E-state index in [2.05, 4.69) is 32.0 Å². The van der Waals surface area contributed by atoms with Crippen LogP contribution in [0.4, 0.5) is 0 Å². The van der Waals surface area contributed by atoms with Crippen molar-refractivity contribution < 1.29 is 14.7 Å². The van der Waals surface area contributed by atoms with E-state index in [0.717, 1.165) is 36.8 Å². The number of benzene rings is 1. The summed E-state index contributed by atoms with van der Waals surface area (Å²) in [6, 6.07) is 6.32. The summed E-state index contributed by atoms with van der Waals surface area (Å²) in [5, 5.41) is 9.93. The van der Waals surface area contributed by atoms with Crippen LogP contribution in [0.3, 0.4) is 0 Å². The second-order valence-corrected chi connectivity index (χ2v) is 6.42. The van der Waals surface area contributed by atoms with Crippen molar-refractivity contribution in [3.63, 3.8) is 0 Å². The van der Waals surface area contributed by atoms with E-state index in [0.29, 0.717) is 25.7 Å². The highest BCUT2D eigenvalue weighted by Crippen LogP contribution is 2.41. The number of hydrogen-bond donors (Lipinski definition) is 1. The second-order valence-electron chi connectivity index (χ2n) is 6.42. The molecule has 2 rings (SSSR count). The van der Waals surface area contributed by atoms with Crippen molar-refractivity contribution in [2.75, 3.05) is 0 Å².